The summed E-state index contributed by atoms with van der Waals surface area (Å²) < 4.78 is 49.1. The molecule has 0 saturated heterocycles. The zero-order valence-electron chi connectivity index (χ0n) is 20.7. The van der Waals surface area contributed by atoms with Gasteiger partial charge in [-0.2, -0.15) is 4.57 Å². The summed E-state index contributed by atoms with van der Waals surface area (Å²) in [7, 11) is -2.61. The van der Waals surface area contributed by atoms with E-state index in [2.05, 4.69) is 6.08 Å². The number of nitrogens with zero attached hydrogens (tertiary/aromatic N) is 1. The summed E-state index contributed by atoms with van der Waals surface area (Å²) in [5.41, 5.74) is 2.56. The standard InChI is InChI=1S/C20H22NO4.C7H8O3S/c1-4-24-19-8-9-21(13-18(19)20(22)25-5-2)12-15-10-14-6-7-16(23-3)11-17(14)15;1-6-2-4-7(5-3-6)11(8,9)10/h6-11,13H,4-5,12H2,1-3H3;2-5H,1H3,(H,8,9,10)/q+1;/p-1. The van der Waals surface area contributed by atoms with Gasteiger partial charge in [-0.3, -0.25) is 0 Å². The molecule has 0 amide bonds. The van der Waals surface area contributed by atoms with Crippen LogP contribution in [0.4, 0.5) is 0 Å². The van der Waals surface area contributed by atoms with E-state index in [1.807, 2.05) is 48.9 Å². The van der Waals surface area contributed by atoms with Crippen molar-refractivity contribution in [3.63, 3.8) is 0 Å². The Kier molecular flexibility index (Phi) is 8.84. The number of pyridine rings is 1. The molecule has 1 aromatic heterocycles. The number of benzene rings is 2. The fraction of sp³-hybridized carbons (Fsp3) is 0.259. The fourth-order valence-electron chi connectivity index (χ4n) is 3.55. The molecule has 0 spiro atoms. The van der Waals surface area contributed by atoms with Gasteiger partial charge >= 0.3 is 5.97 Å². The molecule has 9 heteroatoms. The van der Waals surface area contributed by atoms with Gasteiger partial charge in [0.05, 0.1) is 25.2 Å². The van der Waals surface area contributed by atoms with Gasteiger partial charge in [0.25, 0.3) is 0 Å². The normalized spacial score (nSPS) is 11.8. The van der Waals surface area contributed by atoms with Crippen LogP contribution in [0.1, 0.15) is 29.8 Å². The Labute approximate surface area is 210 Å². The lowest BCUT2D eigenvalue weighted by atomic mass is 10.00. The number of aryl methyl sites for hydroxylation is 1. The van der Waals surface area contributed by atoms with E-state index < -0.39 is 10.1 Å². The molecular weight excluding hydrogens is 482 g/mol. The van der Waals surface area contributed by atoms with E-state index in [0.29, 0.717) is 31.1 Å². The maximum Gasteiger partial charge on any atom is 0.348 e. The van der Waals surface area contributed by atoms with E-state index in [-0.39, 0.29) is 10.9 Å². The summed E-state index contributed by atoms with van der Waals surface area (Å²) in [5.74, 6) is 1.01. The molecule has 0 unspecified atom stereocenters. The molecule has 8 nitrogen and oxygen atoms in total. The number of esters is 1. The Bertz CT molecular complexity index is 1460. The first kappa shape index (κ1) is 26.9. The fourth-order valence-corrected chi connectivity index (χ4v) is 4.02. The topological polar surface area (TPSA) is 106 Å². The molecule has 1 aliphatic rings. The number of rotatable bonds is 8. The van der Waals surface area contributed by atoms with Crippen molar-refractivity contribution < 1.29 is 36.5 Å². The van der Waals surface area contributed by atoms with Crippen molar-refractivity contribution in [2.75, 3.05) is 20.3 Å². The van der Waals surface area contributed by atoms with E-state index in [1.54, 1.807) is 32.4 Å². The lowest BCUT2D eigenvalue weighted by Crippen LogP contribution is -2.42. The second-order valence-corrected chi connectivity index (χ2v) is 9.32. The summed E-state index contributed by atoms with van der Waals surface area (Å²) in [6.07, 6.45) is 5.83. The zero-order chi connectivity index (χ0) is 26.3. The molecule has 0 N–H and O–H groups in total. The third kappa shape index (κ3) is 6.71. The number of ether oxygens (including phenoxy) is 3. The Hall–Kier alpha value is -3.69. The lowest BCUT2D eigenvalue weighted by Gasteiger charge is -2.11. The predicted molar refractivity (Wildman–Crippen MR) is 133 cm³/mol. The zero-order valence-corrected chi connectivity index (χ0v) is 21.5. The molecule has 0 saturated carbocycles. The monoisotopic (exact) mass is 511 g/mol. The number of hydrogen-bond acceptors (Lipinski definition) is 7. The smallest absolute Gasteiger partial charge is 0.348 e. The molecule has 0 fully saturated rings. The van der Waals surface area contributed by atoms with Crippen molar-refractivity contribution >= 4 is 27.7 Å². The Balaban J connectivity index is 0.000000275. The highest BCUT2D eigenvalue weighted by atomic mass is 32.2. The highest BCUT2D eigenvalue weighted by Gasteiger charge is 2.20. The SMILES string of the molecule is CCOC(=O)c1c[n+](CC2=c3cc(OC)ccc3=C2)ccc1OCC.Cc1ccc(S(=O)(=O)[O-])cc1. The highest BCUT2D eigenvalue weighted by molar-refractivity contribution is 7.85. The number of hydrogen-bond donors (Lipinski definition) is 0. The summed E-state index contributed by atoms with van der Waals surface area (Å²) in [6.45, 7) is 6.99. The largest absolute Gasteiger partial charge is 0.744 e. The maximum absolute atomic E-state index is 12.2. The average Bonchev–Trinajstić information content (AvgIpc) is 2.84. The van der Waals surface area contributed by atoms with Crippen molar-refractivity contribution in [3.05, 3.63) is 82.5 Å². The van der Waals surface area contributed by atoms with E-state index in [0.717, 1.165) is 11.3 Å². The minimum Gasteiger partial charge on any atom is -0.744 e. The van der Waals surface area contributed by atoms with Crippen LogP contribution in [-0.4, -0.2) is 39.3 Å². The molecule has 3 aromatic rings. The van der Waals surface area contributed by atoms with Crippen LogP contribution in [0.25, 0.3) is 11.6 Å². The van der Waals surface area contributed by atoms with Crippen molar-refractivity contribution in [1.82, 2.24) is 0 Å². The molecule has 36 heavy (non-hydrogen) atoms. The van der Waals surface area contributed by atoms with Crippen molar-refractivity contribution in [2.24, 2.45) is 0 Å². The predicted octanol–water partition coefficient (Wildman–Crippen LogP) is 2.10. The first-order chi connectivity index (χ1) is 17.2. The van der Waals surface area contributed by atoms with Gasteiger partial charge in [-0.25, -0.2) is 13.2 Å². The van der Waals surface area contributed by atoms with E-state index >= 15 is 0 Å². The molecular formula is C27H29NO7S. The number of methoxy groups -OCH3 is 1. The summed E-state index contributed by atoms with van der Waals surface area (Å²) >= 11 is 0. The third-order valence-corrected chi connectivity index (χ3v) is 6.22. The molecule has 1 heterocycles. The van der Waals surface area contributed by atoms with Crippen molar-refractivity contribution in [3.8, 4) is 11.5 Å². The minimum atomic E-state index is -4.27. The van der Waals surface area contributed by atoms with Crippen LogP contribution < -0.4 is 24.5 Å². The highest BCUT2D eigenvalue weighted by Crippen LogP contribution is 2.18. The summed E-state index contributed by atoms with van der Waals surface area (Å²) in [5, 5.41) is 2.38. The van der Waals surface area contributed by atoms with E-state index in [9.17, 15) is 17.8 Å². The molecule has 4 rings (SSSR count). The van der Waals surface area contributed by atoms with Crippen LogP contribution in [-0.2, 0) is 21.4 Å². The molecule has 0 bridgehead atoms. The van der Waals surface area contributed by atoms with E-state index in [4.69, 9.17) is 14.2 Å². The molecule has 190 valence electrons. The third-order valence-electron chi connectivity index (χ3n) is 5.37. The Morgan fingerprint density at radius 1 is 1.03 bits per heavy atom. The van der Waals surface area contributed by atoms with Crippen LogP contribution in [0.3, 0.4) is 0 Å². The molecule has 1 aliphatic carbocycles. The maximum atomic E-state index is 12.2. The number of carbonyl (C=O) groups is 1. The van der Waals surface area contributed by atoms with Gasteiger partial charge in [-0.1, -0.05) is 23.8 Å². The Morgan fingerprint density at radius 3 is 2.36 bits per heavy atom. The number of carbonyl (C=O) groups excluding carboxylic acids is 1. The first-order valence-electron chi connectivity index (χ1n) is 11.4. The average molecular weight is 512 g/mol. The van der Waals surface area contributed by atoms with Gasteiger partial charge in [-0.05, 0) is 61.5 Å². The number of aromatic nitrogens is 1. The van der Waals surface area contributed by atoms with Gasteiger partial charge in [0, 0.05) is 11.6 Å². The van der Waals surface area contributed by atoms with Crippen molar-refractivity contribution in [1.29, 1.82) is 0 Å². The van der Waals surface area contributed by atoms with Gasteiger partial charge in [0.15, 0.2) is 24.5 Å². The molecule has 0 aliphatic heterocycles. The molecule has 0 radical (unpaired) electrons. The second-order valence-electron chi connectivity index (χ2n) is 7.94. The van der Waals surface area contributed by atoms with Gasteiger partial charge in [-0.15, -0.1) is 0 Å². The van der Waals surface area contributed by atoms with Crippen LogP contribution in [0.5, 0.6) is 11.5 Å². The van der Waals surface area contributed by atoms with Crippen LogP contribution in [0.2, 0.25) is 0 Å². The van der Waals surface area contributed by atoms with Gasteiger partial charge in [0.1, 0.15) is 21.6 Å². The van der Waals surface area contributed by atoms with Crippen LogP contribution in [0.15, 0.2) is 65.8 Å². The lowest BCUT2D eigenvalue weighted by molar-refractivity contribution is -0.684. The van der Waals surface area contributed by atoms with Crippen LogP contribution >= 0.6 is 0 Å². The first-order valence-corrected chi connectivity index (χ1v) is 12.8. The van der Waals surface area contributed by atoms with E-state index in [1.165, 1.54) is 28.1 Å². The van der Waals surface area contributed by atoms with Gasteiger partial charge < -0.3 is 18.8 Å². The molecule has 0 atom stereocenters. The minimum absolute atomic E-state index is 0.178. The quantitative estimate of drug-likeness (QED) is 0.259. The molecule has 2 aromatic carbocycles. The number of fused-ring (bicyclic) bond motifs is 1. The summed E-state index contributed by atoms with van der Waals surface area (Å²) in [6, 6.07) is 13.6. The summed E-state index contributed by atoms with van der Waals surface area (Å²) in [4.78, 5) is 12.0. The van der Waals surface area contributed by atoms with Crippen LogP contribution in [0, 0.1) is 6.92 Å². The second kappa shape index (κ2) is 11.8. The van der Waals surface area contributed by atoms with Crippen molar-refractivity contribution in [2.45, 2.75) is 32.2 Å². The Morgan fingerprint density at radius 2 is 1.75 bits per heavy atom. The van der Waals surface area contributed by atoms with Gasteiger partial charge in [0.2, 0.25) is 0 Å².